The summed E-state index contributed by atoms with van der Waals surface area (Å²) >= 11 is 0. The highest BCUT2D eigenvalue weighted by atomic mass is 16.5. The average Bonchev–Trinajstić information content (AvgIpc) is 2.31. The van der Waals surface area contributed by atoms with Gasteiger partial charge >= 0.3 is 5.97 Å². The SMILES string of the molecule is CCOc1c(N)cccc1C(=O)OCCC(C)O. The number of carbonyl (C=O) groups excluding carboxylic acids is 1. The van der Waals surface area contributed by atoms with E-state index in [1.807, 2.05) is 6.92 Å². The van der Waals surface area contributed by atoms with Gasteiger partial charge in [-0.1, -0.05) is 6.07 Å². The maximum Gasteiger partial charge on any atom is 0.342 e. The summed E-state index contributed by atoms with van der Waals surface area (Å²) in [7, 11) is 0. The van der Waals surface area contributed by atoms with E-state index in [2.05, 4.69) is 0 Å². The van der Waals surface area contributed by atoms with Crippen LogP contribution in [0.15, 0.2) is 18.2 Å². The number of hydrogen-bond acceptors (Lipinski definition) is 5. The summed E-state index contributed by atoms with van der Waals surface area (Å²) in [6, 6.07) is 4.94. The highest BCUT2D eigenvalue weighted by Crippen LogP contribution is 2.27. The molecule has 0 saturated heterocycles. The van der Waals surface area contributed by atoms with Crippen LogP contribution in [0.4, 0.5) is 5.69 Å². The Bertz CT molecular complexity index is 404. The predicted molar refractivity (Wildman–Crippen MR) is 68.6 cm³/mol. The van der Waals surface area contributed by atoms with Crippen LogP contribution in [0.5, 0.6) is 5.75 Å². The fourth-order valence-corrected chi connectivity index (χ4v) is 1.42. The molecule has 1 aromatic rings. The van der Waals surface area contributed by atoms with Gasteiger partial charge in [0.1, 0.15) is 5.56 Å². The van der Waals surface area contributed by atoms with Crippen molar-refractivity contribution >= 4 is 11.7 Å². The van der Waals surface area contributed by atoms with E-state index < -0.39 is 12.1 Å². The quantitative estimate of drug-likeness (QED) is 0.594. The molecular weight excluding hydrogens is 234 g/mol. The van der Waals surface area contributed by atoms with Gasteiger partial charge in [0, 0.05) is 6.42 Å². The van der Waals surface area contributed by atoms with Crippen molar-refractivity contribution in [2.24, 2.45) is 0 Å². The largest absolute Gasteiger partial charge is 0.491 e. The lowest BCUT2D eigenvalue weighted by Gasteiger charge is -2.12. The zero-order valence-electron chi connectivity index (χ0n) is 10.7. The lowest BCUT2D eigenvalue weighted by molar-refractivity contribution is 0.0440. The first kappa shape index (κ1) is 14.3. The third-order valence-electron chi connectivity index (χ3n) is 2.32. The number of nitrogen functional groups attached to an aromatic ring is 1. The lowest BCUT2D eigenvalue weighted by Crippen LogP contribution is -2.13. The fraction of sp³-hybridized carbons (Fsp3) is 0.462. The highest BCUT2D eigenvalue weighted by molar-refractivity contribution is 5.94. The second-order valence-electron chi connectivity index (χ2n) is 3.93. The predicted octanol–water partition coefficient (Wildman–Crippen LogP) is 1.60. The number of hydrogen-bond donors (Lipinski definition) is 2. The van der Waals surface area contributed by atoms with Crippen LogP contribution in [0, 0.1) is 0 Å². The summed E-state index contributed by atoms with van der Waals surface area (Å²) in [5.74, 6) is -0.145. The van der Waals surface area contributed by atoms with Gasteiger partial charge in [-0.2, -0.15) is 0 Å². The highest BCUT2D eigenvalue weighted by Gasteiger charge is 2.16. The standard InChI is InChI=1S/C13H19NO4/c1-3-17-12-10(5-4-6-11(12)14)13(16)18-8-7-9(2)15/h4-6,9,15H,3,7-8,14H2,1-2H3. The van der Waals surface area contributed by atoms with E-state index in [1.165, 1.54) is 0 Å². The number of rotatable bonds is 6. The van der Waals surface area contributed by atoms with Gasteiger partial charge in [0.2, 0.25) is 0 Å². The Morgan fingerprint density at radius 3 is 2.83 bits per heavy atom. The van der Waals surface area contributed by atoms with E-state index in [4.69, 9.17) is 20.3 Å². The molecule has 1 aromatic carbocycles. The molecule has 0 saturated carbocycles. The van der Waals surface area contributed by atoms with E-state index in [1.54, 1.807) is 25.1 Å². The van der Waals surface area contributed by atoms with Crippen molar-refractivity contribution in [2.75, 3.05) is 18.9 Å². The Kier molecular flexibility index (Phi) is 5.45. The molecule has 0 amide bonds. The molecule has 0 aliphatic rings. The first-order valence-electron chi connectivity index (χ1n) is 5.92. The monoisotopic (exact) mass is 253 g/mol. The van der Waals surface area contributed by atoms with E-state index >= 15 is 0 Å². The second kappa shape index (κ2) is 6.86. The Morgan fingerprint density at radius 1 is 1.50 bits per heavy atom. The molecule has 0 radical (unpaired) electrons. The van der Waals surface area contributed by atoms with E-state index in [0.717, 1.165) is 0 Å². The first-order valence-corrected chi connectivity index (χ1v) is 5.92. The maximum atomic E-state index is 11.8. The minimum absolute atomic E-state index is 0.164. The minimum Gasteiger partial charge on any atom is -0.491 e. The molecule has 3 N–H and O–H groups in total. The van der Waals surface area contributed by atoms with Crippen LogP contribution < -0.4 is 10.5 Å². The van der Waals surface area contributed by atoms with Crippen molar-refractivity contribution in [3.05, 3.63) is 23.8 Å². The number of anilines is 1. The van der Waals surface area contributed by atoms with Gasteiger partial charge in [0.05, 0.1) is 25.0 Å². The van der Waals surface area contributed by atoms with Gasteiger partial charge in [-0.3, -0.25) is 0 Å². The maximum absolute atomic E-state index is 11.8. The fourth-order valence-electron chi connectivity index (χ4n) is 1.42. The van der Waals surface area contributed by atoms with Crippen molar-refractivity contribution < 1.29 is 19.4 Å². The van der Waals surface area contributed by atoms with Crippen LogP contribution in [0.25, 0.3) is 0 Å². The molecule has 0 aromatic heterocycles. The number of para-hydroxylation sites is 1. The van der Waals surface area contributed by atoms with Crippen LogP contribution in [0.3, 0.4) is 0 Å². The van der Waals surface area contributed by atoms with Crippen LogP contribution in [-0.4, -0.2) is 30.4 Å². The van der Waals surface area contributed by atoms with Crippen molar-refractivity contribution in [3.63, 3.8) is 0 Å². The molecule has 0 bridgehead atoms. The van der Waals surface area contributed by atoms with Crippen LogP contribution >= 0.6 is 0 Å². The normalized spacial score (nSPS) is 11.9. The number of aliphatic hydroxyl groups is 1. The Hall–Kier alpha value is -1.75. The molecule has 0 aliphatic heterocycles. The second-order valence-corrected chi connectivity index (χ2v) is 3.93. The molecule has 100 valence electrons. The van der Waals surface area contributed by atoms with E-state index in [0.29, 0.717) is 30.0 Å². The summed E-state index contributed by atoms with van der Waals surface area (Å²) in [4.78, 5) is 11.8. The summed E-state index contributed by atoms with van der Waals surface area (Å²) in [6.07, 6.45) is -0.0945. The molecular formula is C13H19NO4. The third kappa shape index (κ3) is 3.92. The van der Waals surface area contributed by atoms with Crippen LogP contribution in [0.1, 0.15) is 30.6 Å². The topological polar surface area (TPSA) is 81.8 Å². The van der Waals surface area contributed by atoms with Gasteiger partial charge in [0.15, 0.2) is 5.75 Å². The van der Waals surface area contributed by atoms with Crippen molar-refractivity contribution in [3.8, 4) is 5.75 Å². The lowest BCUT2D eigenvalue weighted by atomic mass is 10.1. The van der Waals surface area contributed by atoms with Crippen molar-refractivity contribution in [1.82, 2.24) is 0 Å². The molecule has 1 rings (SSSR count). The number of nitrogens with two attached hydrogens (primary N) is 1. The number of carbonyl (C=O) groups is 1. The molecule has 5 heteroatoms. The number of benzene rings is 1. The summed E-state index contributed by atoms with van der Waals surface area (Å²) in [5, 5.41) is 9.08. The smallest absolute Gasteiger partial charge is 0.342 e. The average molecular weight is 253 g/mol. The zero-order valence-corrected chi connectivity index (χ0v) is 10.7. The summed E-state index contributed by atoms with van der Waals surface area (Å²) in [6.45, 7) is 4.04. The van der Waals surface area contributed by atoms with E-state index in [9.17, 15) is 4.79 Å². The van der Waals surface area contributed by atoms with Crippen molar-refractivity contribution in [1.29, 1.82) is 0 Å². The van der Waals surface area contributed by atoms with Gasteiger partial charge < -0.3 is 20.3 Å². The number of aliphatic hydroxyl groups excluding tert-OH is 1. The molecule has 5 nitrogen and oxygen atoms in total. The third-order valence-corrected chi connectivity index (χ3v) is 2.32. The van der Waals surface area contributed by atoms with Gasteiger partial charge in [-0.15, -0.1) is 0 Å². The van der Waals surface area contributed by atoms with Crippen LogP contribution in [-0.2, 0) is 4.74 Å². The first-order chi connectivity index (χ1) is 8.56. The van der Waals surface area contributed by atoms with Crippen molar-refractivity contribution in [2.45, 2.75) is 26.4 Å². The Morgan fingerprint density at radius 2 is 2.22 bits per heavy atom. The molecule has 1 unspecified atom stereocenters. The zero-order chi connectivity index (χ0) is 13.5. The Labute approximate surface area is 107 Å². The van der Waals surface area contributed by atoms with Gasteiger partial charge in [0.25, 0.3) is 0 Å². The molecule has 0 aliphatic carbocycles. The minimum atomic E-state index is -0.495. The van der Waals surface area contributed by atoms with Gasteiger partial charge in [-0.05, 0) is 26.0 Å². The van der Waals surface area contributed by atoms with Gasteiger partial charge in [-0.25, -0.2) is 4.79 Å². The van der Waals surface area contributed by atoms with Crippen LogP contribution in [0.2, 0.25) is 0 Å². The molecule has 0 heterocycles. The molecule has 1 atom stereocenters. The summed E-state index contributed by atoms with van der Waals surface area (Å²) < 4.78 is 10.4. The van der Waals surface area contributed by atoms with E-state index in [-0.39, 0.29) is 6.61 Å². The summed E-state index contributed by atoms with van der Waals surface area (Å²) in [5.41, 5.74) is 6.46. The molecule has 0 spiro atoms. The Balaban J connectivity index is 2.75. The number of ether oxygens (including phenoxy) is 2. The molecule has 18 heavy (non-hydrogen) atoms. The molecule has 0 fully saturated rings. The number of esters is 1.